The van der Waals surface area contributed by atoms with Gasteiger partial charge in [-0.25, -0.2) is 0 Å². The van der Waals surface area contributed by atoms with Crippen LogP contribution in [0, 0.1) is 0 Å². The predicted octanol–water partition coefficient (Wildman–Crippen LogP) is 1.61. The molecule has 0 aromatic heterocycles. The molecule has 0 radical (unpaired) electrons. The first-order chi connectivity index (χ1) is 6.29. The van der Waals surface area contributed by atoms with Crippen molar-refractivity contribution in [2.45, 2.75) is 57.7 Å². The van der Waals surface area contributed by atoms with Crippen molar-refractivity contribution < 1.29 is 0 Å². The van der Waals surface area contributed by atoms with E-state index in [4.69, 9.17) is 0 Å². The van der Waals surface area contributed by atoms with Crippen LogP contribution in [0.1, 0.15) is 39.5 Å². The van der Waals surface area contributed by atoms with Crippen LogP contribution in [0.2, 0.25) is 0 Å². The van der Waals surface area contributed by atoms with Crippen molar-refractivity contribution in [1.29, 1.82) is 0 Å². The molecule has 2 heteroatoms. The largest absolute Gasteiger partial charge is 0.315 e. The van der Waals surface area contributed by atoms with E-state index in [1.54, 1.807) is 0 Å². The van der Waals surface area contributed by atoms with E-state index in [9.17, 15) is 0 Å². The van der Waals surface area contributed by atoms with Gasteiger partial charge in [0.15, 0.2) is 0 Å². The molecule has 2 bridgehead atoms. The van der Waals surface area contributed by atoms with E-state index >= 15 is 0 Å². The third-order valence-corrected chi connectivity index (χ3v) is 3.55. The molecule has 2 atom stereocenters. The van der Waals surface area contributed by atoms with Gasteiger partial charge in [0.1, 0.15) is 0 Å². The fraction of sp³-hybridized carbons (Fsp3) is 1.00. The van der Waals surface area contributed by atoms with Crippen LogP contribution in [0.4, 0.5) is 0 Å². The second kappa shape index (κ2) is 3.97. The summed E-state index contributed by atoms with van der Waals surface area (Å²) in [6.07, 6.45) is 5.63. The van der Waals surface area contributed by atoms with Gasteiger partial charge in [-0.15, -0.1) is 0 Å². The lowest BCUT2D eigenvalue weighted by molar-refractivity contribution is 0.0614. The molecule has 2 rings (SSSR count). The summed E-state index contributed by atoms with van der Waals surface area (Å²) in [5, 5.41) is 3.56. The standard InChI is InChI=1S/C11H22N2/c1-9(2)13-10-4-3-5-11(13)8-12-7-6-10/h9-12H,3-8H2,1-2H3. The first-order valence-electron chi connectivity index (χ1n) is 5.77. The van der Waals surface area contributed by atoms with E-state index in [0.29, 0.717) is 0 Å². The van der Waals surface area contributed by atoms with Crippen LogP contribution in [0.5, 0.6) is 0 Å². The third-order valence-electron chi connectivity index (χ3n) is 3.55. The Balaban J connectivity index is 2.11. The SMILES string of the molecule is CC(C)N1C2CCCC1CNCC2. The predicted molar refractivity (Wildman–Crippen MR) is 55.9 cm³/mol. The first-order valence-corrected chi connectivity index (χ1v) is 5.77. The topological polar surface area (TPSA) is 15.3 Å². The zero-order valence-electron chi connectivity index (χ0n) is 8.92. The lowest BCUT2D eigenvalue weighted by Crippen LogP contribution is -2.51. The highest BCUT2D eigenvalue weighted by Crippen LogP contribution is 2.28. The lowest BCUT2D eigenvalue weighted by Gasteiger charge is -2.43. The molecule has 0 aromatic carbocycles. The molecule has 13 heavy (non-hydrogen) atoms. The van der Waals surface area contributed by atoms with Gasteiger partial charge in [0, 0.05) is 24.7 Å². The molecule has 0 amide bonds. The number of hydrogen-bond donors (Lipinski definition) is 1. The van der Waals surface area contributed by atoms with Gasteiger partial charge in [-0.1, -0.05) is 6.42 Å². The maximum absolute atomic E-state index is 3.56. The van der Waals surface area contributed by atoms with Crippen molar-refractivity contribution in [2.75, 3.05) is 13.1 Å². The minimum atomic E-state index is 0.732. The van der Waals surface area contributed by atoms with Crippen LogP contribution in [0.15, 0.2) is 0 Å². The Labute approximate surface area is 81.7 Å². The lowest BCUT2D eigenvalue weighted by atomic mass is 9.93. The number of hydrogen-bond acceptors (Lipinski definition) is 2. The number of piperidine rings is 1. The molecule has 2 aliphatic heterocycles. The average Bonchev–Trinajstić information content (AvgIpc) is 2.22. The third kappa shape index (κ3) is 1.89. The Hall–Kier alpha value is -0.0800. The minimum Gasteiger partial charge on any atom is -0.315 e. The van der Waals surface area contributed by atoms with E-state index in [2.05, 4.69) is 24.1 Å². The quantitative estimate of drug-likeness (QED) is 0.663. The van der Waals surface area contributed by atoms with Crippen molar-refractivity contribution in [3.8, 4) is 0 Å². The van der Waals surface area contributed by atoms with Gasteiger partial charge in [0.2, 0.25) is 0 Å². The van der Waals surface area contributed by atoms with Crippen molar-refractivity contribution in [3.63, 3.8) is 0 Å². The maximum Gasteiger partial charge on any atom is 0.0226 e. The van der Waals surface area contributed by atoms with Gasteiger partial charge in [-0.2, -0.15) is 0 Å². The fourth-order valence-corrected chi connectivity index (χ4v) is 3.07. The first kappa shape index (κ1) is 9.47. The van der Waals surface area contributed by atoms with Gasteiger partial charge < -0.3 is 5.32 Å². The summed E-state index contributed by atoms with van der Waals surface area (Å²) in [7, 11) is 0. The summed E-state index contributed by atoms with van der Waals surface area (Å²) in [6.45, 7) is 7.13. The van der Waals surface area contributed by atoms with E-state index in [1.807, 2.05) is 0 Å². The van der Waals surface area contributed by atoms with Crippen LogP contribution in [0.3, 0.4) is 0 Å². The Morgan fingerprint density at radius 1 is 1.15 bits per heavy atom. The smallest absolute Gasteiger partial charge is 0.0226 e. The Kier molecular flexibility index (Phi) is 2.89. The Bertz CT molecular complexity index is 153. The van der Waals surface area contributed by atoms with Gasteiger partial charge >= 0.3 is 0 Å². The molecule has 76 valence electrons. The van der Waals surface area contributed by atoms with Crippen molar-refractivity contribution in [1.82, 2.24) is 10.2 Å². The Morgan fingerprint density at radius 2 is 1.92 bits per heavy atom. The molecule has 0 aromatic rings. The highest BCUT2D eigenvalue weighted by molar-refractivity contribution is 4.90. The van der Waals surface area contributed by atoms with Gasteiger partial charge in [0.05, 0.1) is 0 Å². The minimum absolute atomic E-state index is 0.732. The molecule has 2 heterocycles. The summed E-state index contributed by atoms with van der Waals surface area (Å²) in [4.78, 5) is 2.75. The monoisotopic (exact) mass is 182 g/mol. The molecular weight excluding hydrogens is 160 g/mol. The number of nitrogens with zero attached hydrogens (tertiary/aromatic N) is 1. The van der Waals surface area contributed by atoms with Crippen LogP contribution in [-0.4, -0.2) is 36.1 Å². The van der Waals surface area contributed by atoms with E-state index in [-0.39, 0.29) is 0 Å². The van der Waals surface area contributed by atoms with Crippen LogP contribution < -0.4 is 5.32 Å². The fourth-order valence-electron chi connectivity index (χ4n) is 3.07. The summed E-state index contributed by atoms with van der Waals surface area (Å²) >= 11 is 0. The van der Waals surface area contributed by atoms with Crippen LogP contribution in [-0.2, 0) is 0 Å². The highest BCUT2D eigenvalue weighted by Gasteiger charge is 2.33. The zero-order valence-corrected chi connectivity index (χ0v) is 8.92. The van der Waals surface area contributed by atoms with Crippen LogP contribution in [0.25, 0.3) is 0 Å². The van der Waals surface area contributed by atoms with E-state index in [1.165, 1.54) is 38.8 Å². The molecule has 2 aliphatic rings. The molecular formula is C11H22N2. The number of nitrogens with one attached hydrogen (secondary N) is 1. The summed E-state index contributed by atoms with van der Waals surface area (Å²) < 4.78 is 0. The zero-order chi connectivity index (χ0) is 9.26. The van der Waals surface area contributed by atoms with Crippen LogP contribution >= 0.6 is 0 Å². The van der Waals surface area contributed by atoms with Crippen molar-refractivity contribution >= 4 is 0 Å². The van der Waals surface area contributed by atoms with E-state index in [0.717, 1.165) is 18.1 Å². The summed E-state index contributed by atoms with van der Waals surface area (Å²) in [6, 6.07) is 2.42. The molecule has 0 saturated carbocycles. The molecule has 2 unspecified atom stereocenters. The van der Waals surface area contributed by atoms with Crippen molar-refractivity contribution in [3.05, 3.63) is 0 Å². The maximum atomic E-state index is 3.56. The molecule has 2 fully saturated rings. The summed E-state index contributed by atoms with van der Waals surface area (Å²) in [5.74, 6) is 0. The number of fused-ring (bicyclic) bond motifs is 2. The molecule has 0 spiro atoms. The average molecular weight is 182 g/mol. The molecule has 1 N–H and O–H groups in total. The number of rotatable bonds is 1. The van der Waals surface area contributed by atoms with Gasteiger partial charge in [-0.3, -0.25) is 4.90 Å². The second-order valence-corrected chi connectivity index (χ2v) is 4.77. The highest BCUT2D eigenvalue weighted by atomic mass is 15.2. The molecule has 0 aliphatic carbocycles. The second-order valence-electron chi connectivity index (χ2n) is 4.77. The van der Waals surface area contributed by atoms with E-state index < -0.39 is 0 Å². The molecule has 2 saturated heterocycles. The van der Waals surface area contributed by atoms with Gasteiger partial charge in [0.25, 0.3) is 0 Å². The molecule has 2 nitrogen and oxygen atoms in total. The van der Waals surface area contributed by atoms with Crippen molar-refractivity contribution in [2.24, 2.45) is 0 Å². The summed E-state index contributed by atoms with van der Waals surface area (Å²) in [5.41, 5.74) is 0. The Morgan fingerprint density at radius 3 is 2.69 bits per heavy atom. The van der Waals surface area contributed by atoms with Gasteiger partial charge in [-0.05, 0) is 39.7 Å². The normalized spacial score (nSPS) is 36.2.